The van der Waals surface area contributed by atoms with Gasteiger partial charge in [-0.05, 0) is 31.0 Å². The van der Waals surface area contributed by atoms with E-state index in [1.165, 1.54) is 16.4 Å². The average molecular weight is 361 g/mol. The number of nitrogens with one attached hydrogen (secondary N) is 2. The molecule has 132 valence electrons. The molecule has 1 fully saturated rings. The van der Waals surface area contributed by atoms with Crippen LogP contribution in [0.15, 0.2) is 40.3 Å². The molecule has 25 heavy (non-hydrogen) atoms. The minimum Gasteiger partial charge on any atom is -0.338 e. The Morgan fingerprint density at radius 1 is 1.16 bits per heavy atom. The Balaban J connectivity index is 1.56. The molecule has 3 aromatic rings. The van der Waals surface area contributed by atoms with E-state index >= 15 is 0 Å². The lowest BCUT2D eigenvalue weighted by Gasteiger charge is -2.30. The molecule has 3 heterocycles. The van der Waals surface area contributed by atoms with E-state index in [2.05, 4.69) is 15.0 Å². The van der Waals surface area contributed by atoms with Crippen LogP contribution in [0.4, 0.5) is 0 Å². The SMILES string of the molecule is Cn1ccnc1C1CCN(S(=O)(=O)c2ccc3[nH]c(=O)[nH]c3c2)CC1. The number of aryl methyl sites for hydroxylation is 1. The van der Waals surface area contributed by atoms with E-state index in [0.717, 1.165) is 18.7 Å². The zero-order valence-corrected chi connectivity index (χ0v) is 14.6. The lowest BCUT2D eigenvalue weighted by atomic mass is 9.97. The first-order chi connectivity index (χ1) is 11.9. The molecule has 0 aliphatic carbocycles. The van der Waals surface area contributed by atoms with Crippen molar-refractivity contribution in [3.05, 3.63) is 46.9 Å². The van der Waals surface area contributed by atoms with Gasteiger partial charge in [0.25, 0.3) is 0 Å². The van der Waals surface area contributed by atoms with Gasteiger partial charge in [0.1, 0.15) is 5.82 Å². The van der Waals surface area contributed by atoms with E-state index in [1.807, 2.05) is 17.8 Å². The topological polar surface area (TPSA) is 104 Å². The van der Waals surface area contributed by atoms with Crippen LogP contribution in [0, 0.1) is 0 Å². The first-order valence-corrected chi connectivity index (χ1v) is 9.58. The predicted octanol–water partition coefficient (Wildman–Crippen LogP) is 1.16. The second-order valence-corrected chi connectivity index (χ2v) is 8.30. The summed E-state index contributed by atoms with van der Waals surface area (Å²) < 4.78 is 29.3. The Morgan fingerprint density at radius 3 is 2.56 bits per heavy atom. The number of piperidine rings is 1. The summed E-state index contributed by atoms with van der Waals surface area (Å²) in [4.78, 5) is 21.1. The molecule has 1 aliphatic heterocycles. The van der Waals surface area contributed by atoms with Crippen LogP contribution in [0.1, 0.15) is 24.6 Å². The Labute approximate surface area is 144 Å². The van der Waals surface area contributed by atoms with Crippen molar-refractivity contribution in [2.45, 2.75) is 23.7 Å². The molecular weight excluding hydrogens is 342 g/mol. The zero-order chi connectivity index (χ0) is 17.6. The van der Waals surface area contributed by atoms with Gasteiger partial charge in [0, 0.05) is 38.4 Å². The van der Waals surface area contributed by atoms with Crippen molar-refractivity contribution in [2.24, 2.45) is 7.05 Å². The van der Waals surface area contributed by atoms with Crippen LogP contribution in [-0.4, -0.2) is 45.3 Å². The number of benzene rings is 1. The summed E-state index contributed by atoms with van der Waals surface area (Å²) in [7, 11) is -1.62. The second-order valence-electron chi connectivity index (χ2n) is 6.36. The second kappa shape index (κ2) is 5.85. The molecule has 8 nitrogen and oxygen atoms in total. The van der Waals surface area contributed by atoms with Gasteiger partial charge in [-0.1, -0.05) is 0 Å². The van der Waals surface area contributed by atoms with Crippen molar-refractivity contribution < 1.29 is 8.42 Å². The normalized spacial score (nSPS) is 17.3. The van der Waals surface area contributed by atoms with Crippen molar-refractivity contribution in [2.75, 3.05) is 13.1 Å². The number of aromatic amines is 2. The molecule has 2 N–H and O–H groups in total. The number of H-pyrrole nitrogens is 2. The van der Waals surface area contributed by atoms with E-state index < -0.39 is 10.0 Å². The fourth-order valence-corrected chi connectivity index (χ4v) is 4.94. The summed E-state index contributed by atoms with van der Waals surface area (Å²) in [5, 5.41) is 0. The van der Waals surface area contributed by atoms with Gasteiger partial charge in [-0.3, -0.25) is 0 Å². The molecule has 0 saturated carbocycles. The Morgan fingerprint density at radius 2 is 1.88 bits per heavy atom. The van der Waals surface area contributed by atoms with Crippen LogP contribution in [-0.2, 0) is 17.1 Å². The highest BCUT2D eigenvalue weighted by Gasteiger charge is 2.31. The molecule has 0 atom stereocenters. The molecule has 0 radical (unpaired) electrons. The van der Waals surface area contributed by atoms with Crippen molar-refractivity contribution in [1.29, 1.82) is 0 Å². The quantitative estimate of drug-likeness (QED) is 0.730. The lowest BCUT2D eigenvalue weighted by molar-refractivity contribution is 0.311. The average Bonchev–Trinajstić information content (AvgIpc) is 3.18. The van der Waals surface area contributed by atoms with Crippen LogP contribution in [0.3, 0.4) is 0 Å². The van der Waals surface area contributed by atoms with Crippen LogP contribution >= 0.6 is 0 Å². The first-order valence-electron chi connectivity index (χ1n) is 8.14. The molecule has 1 aromatic carbocycles. The van der Waals surface area contributed by atoms with E-state index in [0.29, 0.717) is 24.1 Å². The predicted molar refractivity (Wildman–Crippen MR) is 92.9 cm³/mol. The standard InChI is InChI=1S/C16H19N5O3S/c1-20-9-6-17-15(20)11-4-7-21(8-5-11)25(23,24)12-2-3-13-14(10-12)19-16(22)18-13/h2-3,6,9-11H,4-5,7-8H2,1H3,(H2,18,19,22). The molecule has 0 spiro atoms. The van der Waals surface area contributed by atoms with Crippen molar-refractivity contribution in [1.82, 2.24) is 23.8 Å². The molecule has 0 amide bonds. The van der Waals surface area contributed by atoms with E-state index in [4.69, 9.17) is 0 Å². The van der Waals surface area contributed by atoms with Gasteiger partial charge in [0.15, 0.2) is 0 Å². The smallest absolute Gasteiger partial charge is 0.323 e. The summed E-state index contributed by atoms with van der Waals surface area (Å²) in [5.74, 6) is 1.28. The number of hydrogen-bond donors (Lipinski definition) is 2. The maximum Gasteiger partial charge on any atom is 0.323 e. The van der Waals surface area contributed by atoms with Gasteiger partial charge < -0.3 is 14.5 Å². The zero-order valence-electron chi connectivity index (χ0n) is 13.8. The van der Waals surface area contributed by atoms with Crippen LogP contribution in [0.5, 0.6) is 0 Å². The summed E-state index contributed by atoms with van der Waals surface area (Å²) in [6.07, 6.45) is 5.16. The van der Waals surface area contributed by atoms with Crippen LogP contribution in [0.25, 0.3) is 11.0 Å². The maximum atomic E-state index is 12.9. The number of nitrogens with zero attached hydrogens (tertiary/aromatic N) is 3. The number of sulfonamides is 1. The Hall–Kier alpha value is -2.39. The number of aromatic nitrogens is 4. The van der Waals surface area contributed by atoms with Crippen LogP contribution in [0.2, 0.25) is 0 Å². The number of rotatable bonds is 3. The summed E-state index contributed by atoms with van der Waals surface area (Å²) in [5.41, 5.74) is 0.742. The van der Waals surface area contributed by atoms with Crippen molar-refractivity contribution in [3.8, 4) is 0 Å². The number of imidazole rings is 2. The fourth-order valence-electron chi connectivity index (χ4n) is 3.45. The minimum atomic E-state index is -3.58. The van der Waals surface area contributed by atoms with Crippen LogP contribution < -0.4 is 5.69 Å². The highest BCUT2D eigenvalue weighted by Crippen LogP contribution is 2.30. The largest absolute Gasteiger partial charge is 0.338 e. The third-order valence-electron chi connectivity index (χ3n) is 4.80. The molecule has 4 rings (SSSR count). The van der Waals surface area contributed by atoms with Crippen molar-refractivity contribution >= 4 is 21.1 Å². The summed E-state index contributed by atoms with van der Waals surface area (Å²) in [6.45, 7) is 0.920. The van der Waals surface area contributed by atoms with Gasteiger partial charge in [0.2, 0.25) is 10.0 Å². The summed E-state index contributed by atoms with van der Waals surface area (Å²) in [6, 6.07) is 4.65. The molecule has 9 heteroatoms. The van der Waals surface area contributed by atoms with Gasteiger partial charge in [0.05, 0.1) is 15.9 Å². The highest BCUT2D eigenvalue weighted by molar-refractivity contribution is 7.89. The minimum absolute atomic E-state index is 0.200. The fraction of sp³-hybridized carbons (Fsp3) is 0.375. The molecule has 1 aliphatic rings. The summed E-state index contributed by atoms with van der Waals surface area (Å²) >= 11 is 0. The van der Waals surface area contributed by atoms with Gasteiger partial charge >= 0.3 is 5.69 Å². The van der Waals surface area contributed by atoms with E-state index in [9.17, 15) is 13.2 Å². The van der Waals surface area contributed by atoms with E-state index in [1.54, 1.807) is 12.3 Å². The Bertz CT molecular complexity index is 1070. The highest BCUT2D eigenvalue weighted by atomic mass is 32.2. The van der Waals surface area contributed by atoms with Gasteiger partial charge in [-0.2, -0.15) is 4.31 Å². The number of fused-ring (bicyclic) bond motifs is 1. The monoisotopic (exact) mass is 361 g/mol. The maximum absolute atomic E-state index is 12.9. The third-order valence-corrected chi connectivity index (χ3v) is 6.70. The molecule has 0 unspecified atom stereocenters. The van der Waals surface area contributed by atoms with E-state index in [-0.39, 0.29) is 16.5 Å². The van der Waals surface area contributed by atoms with Gasteiger partial charge in [-0.25, -0.2) is 18.2 Å². The molecular formula is C16H19N5O3S. The molecule has 2 aromatic heterocycles. The Kier molecular flexibility index (Phi) is 3.77. The lowest BCUT2D eigenvalue weighted by Crippen LogP contribution is -2.38. The third kappa shape index (κ3) is 2.79. The van der Waals surface area contributed by atoms with Crippen molar-refractivity contribution in [3.63, 3.8) is 0 Å². The molecule has 0 bridgehead atoms. The first kappa shape index (κ1) is 16.1. The molecule has 1 saturated heterocycles. The number of hydrogen-bond acceptors (Lipinski definition) is 4. The van der Waals surface area contributed by atoms with Gasteiger partial charge in [-0.15, -0.1) is 0 Å².